The van der Waals surface area contributed by atoms with Crippen molar-refractivity contribution in [2.75, 3.05) is 12.3 Å². The summed E-state index contributed by atoms with van der Waals surface area (Å²) in [4.78, 5) is 5.22. The van der Waals surface area contributed by atoms with Crippen LogP contribution in [-0.4, -0.2) is 11.6 Å². The van der Waals surface area contributed by atoms with Gasteiger partial charge in [0.2, 0.25) is 0 Å². The first-order valence-corrected chi connectivity index (χ1v) is 6.80. The van der Waals surface area contributed by atoms with Gasteiger partial charge in [-0.2, -0.15) is 0 Å². The van der Waals surface area contributed by atoms with Gasteiger partial charge in [0.1, 0.15) is 5.75 Å². The van der Waals surface area contributed by atoms with Crippen molar-refractivity contribution in [2.45, 2.75) is 19.0 Å². The lowest BCUT2D eigenvalue weighted by molar-refractivity contribution is 0.252. The molecule has 1 aromatic carbocycles. The van der Waals surface area contributed by atoms with Crippen LogP contribution in [0.25, 0.3) is 0 Å². The molecule has 1 aliphatic heterocycles. The van der Waals surface area contributed by atoms with Gasteiger partial charge in [-0.05, 0) is 6.07 Å². The number of nitrogens with two attached hydrogens (primary N) is 1. The summed E-state index contributed by atoms with van der Waals surface area (Å²) in [6, 6.07) is 8.54. The molecule has 6 heteroatoms. The first-order chi connectivity index (χ1) is 8.83. The van der Waals surface area contributed by atoms with Gasteiger partial charge in [0, 0.05) is 35.6 Å². The Balaban J connectivity index is 0.00000133. The lowest BCUT2D eigenvalue weighted by atomic mass is 10.0. The van der Waals surface area contributed by atoms with Crippen molar-refractivity contribution in [3.05, 3.63) is 40.9 Å². The van der Waals surface area contributed by atoms with Crippen LogP contribution in [-0.2, 0) is 6.54 Å². The summed E-state index contributed by atoms with van der Waals surface area (Å²) >= 11 is 1.53. The van der Waals surface area contributed by atoms with Gasteiger partial charge in [0.05, 0.1) is 6.61 Å². The molecular weight excluding hydrogens is 282 g/mol. The van der Waals surface area contributed by atoms with Gasteiger partial charge in [-0.3, -0.25) is 0 Å². The maximum Gasteiger partial charge on any atom is 0.180 e. The molecule has 4 nitrogen and oxygen atoms in total. The Labute approximate surface area is 122 Å². The quantitative estimate of drug-likeness (QED) is 0.914. The first kappa shape index (κ1) is 14.1. The van der Waals surface area contributed by atoms with Crippen molar-refractivity contribution in [1.82, 2.24) is 10.3 Å². The van der Waals surface area contributed by atoms with Crippen molar-refractivity contribution in [3.63, 3.8) is 0 Å². The Bertz CT molecular complexity index is 546. The number of para-hydroxylation sites is 1. The number of nitrogens with zero attached hydrogens (tertiary/aromatic N) is 1. The van der Waals surface area contributed by atoms with Gasteiger partial charge in [-0.15, -0.1) is 23.7 Å². The van der Waals surface area contributed by atoms with Crippen molar-refractivity contribution in [3.8, 4) is 5.75 Å². The Morgan fingerprint density at radius 3 is 3.05 bits per heavy atom. The molecule has 0 spiro atoms. The van der Waals surface area contributed by atoms with E-state index in [0.29, 0.717) is 11.2 Å². The molecule has 0 amide bonds. The van der Waals surface area contributed by atoms with Gasteiger partial charge in [-0.1, -0.05) is 18.2 Å². The zero-order chi connectivity index (χ0) is 12.4. The van der Waals surface area contributed by atoms with Crippen LogP contribution in [0.15, 0.2) is 30.5 Å². The lowest BCUT2D eigenvalue weighted by Gasteiger charge is -2.26. The van der Waals surface area contributed by atoms with E-state index < -0.39 is 0 Å². The third-order valence-corrected chi connectivity index (χ3v) is 3.88. The first-order valence-electron chi connectivity index (χ1n) is 5.98. The average Bonchev–Trinajstić information content (AvgIpc) is 2.82. The molecule has 0 saturated carbocycles. The van der Waals surface area contributed by atoms with Crippen molar-refractivity contribution in [1.29, 1.82) is 0 Å². The molecule has 0 radical (unpaired) electrons. The fourth-order valence-corrected chi connectivity index (χ4v) is 2.82. The third kappa shape index (κ3) is 3.18. The van der Waals surface area contributed by atoms with E-state index in [1.54, 1.807) is 0 Å². The van der Waals surface area contributed by atoms with Crippen LogP contribution in [0, 0.1) is 0 Å². The Morgan fingerprint density at radius 2 is 2.26 bits per heavy atom. The standard InChI is InChI=1S/C13H15N3OS.ClH/c14-13-16-8-9(18-13)7-15-11-5-6-17-12-4-2-1-3-10(11)12;/h1-4,8,11,15H,5-7H2,(H2,14,16);1H. The maximum atomic E-state index is 5.64. The number of fused-ring (bicyclic) bond motifs is 1. The minimum atomic E-state index is 0. The number of ether oxygens (including phenoxy) is 1. The number of aromatic nitrogens is 1. The van der Waals surface area contributed by atoms with Crippen LogP contribution in [0.2, 0.25) is 0 Å². The number of rotatable bonds is 3. The summed E-state index contributed by atoms with van der Waals surface area (Å²) < 4.78 is 5.64. The van der Waals surface area contributed by atoms with Crippen molar-refractivity contribution >= 4 is 28.9 Å². The fraction of sp³-hybridized carbons (Fsp3) is 0.308. The normalized spacial score (nSPS) is 17.2. The molecule has 3 rings (SSSR count). The van der Waals surface area contributed by atoms with E-state index in [1.165, 1.54) is 16.9 Å². The van der Waals surface area contributed by atoms with Crippen LogP contribution in [0.3, 0.4) is 0 Å². The largest absolute Gasteiger partial charge is 0.493 e. The van der Waals surface area contributed by atoms with E-state index in [1.807, 2.05) is 24.4 Å². The van der Waals surface area contributed by atoms with E-state index in [2.05, 4.69) is 16.4 Å². The maximum absolute atomic E-state index is 5.64. The molecule has 19 heavy (non-hydrogen) atoms. The molecule has 0 bridgehead atoms. The van der Waals surface area contributed by atoms with Gasteiger partial charge in [-0.25, -0.2) is 4.98 Å². The molecule has 2 aromatic rings. The Morgan fingerprint density at radius 1 is 1.42 bits per heavy atom. The average molecular weight is 298 g/mol. The number of benzene rings is 1. The molecule has 0 fully saturated rings. The second kappa shape index (κ2) is 6.23. The Kier molecular flexibility index (Phi) is 4.63. The molecule has 1 aromatic heterocycles. The van der Waals surface area contributed by atoms with Crippen molar-refractivity contribution < 1.29 is 4.74 Å². The number of nitrogens with one attached hydrogen (secondary N) is 1. The zero-order valence-corrected chi connectivity index (χ0v) is 12.0. The smallest absolute Gasteiger partial charge is 0.180 e. The van der Waals surface area contributed by atoms with Crippen LogP contribution >= 0.6 is 23.7 Å². The SMILES string of the molecule is Cl.Nc1ncc(CNC2CCOc3ccccc32)s1. The highest BCUT2D eigenvalue weighted by Gasteiger charge is 2.20. The minimum Gasteiger partial charge on any atom is -0.493 e. The summed E-state index contributed by atoms with van der Waals surface area (Å²) in [6.45, 7) is 1.56. The van der Waals surface area contributed by atoms with Crippen LogP contribution in [0.4, 0.5) is 5.13 Å². The predicted molar refractivity (Wildman–Crippen MR) is 79.9 cm³/mol. The summed E-state index contributed by atoms with van der Waals surface area (Å²) in [5, 5.41) is 4.17. The number of hydrogen-bond donors (Lipinski definition) is 2. The number of hydrogen-bond acceptors (Lipinski definition) is 5. The molecule has 1 unspecified atom stereocenters. The number of nitrogen functional groups attached to an aromatic ring is 1. The van der Waals surface area contributed by atoms with E-state index in [-0.39, 0.29) is 12.4 Å². The van der Waals surface area contributed by atoms with Gasteiger partial charge in [0.25, 0.3) is 0 Å². The molecule has 102 valence electrons. The molecular formula is C13H16ClN3OS. The number of halogens is 1. The highest BCUT2D eigenvalue weighted by atomic mass is 35.5. The summed E-state index contributed by atoms with van der Waals surface area (Å²) in [5.74, 6) is 0.991. The Hall–Kier alpha value is -1.30. The van der Waals surface area contributed by atoms with Crippen LogP contribution in [0.5, 0.6) is 5.75 Å². The van der Waals surface area contributed by atoms with E-state index >= 15 is 0 Å². The highest BCUT2D eigenvalue weighted by Crippen LogP contribution is 2.31. The van der Waals surface area contributed by atoms with Gasteiger partial charge >= 0.3 is 0 Å². The lowest BCUT2D eigenvalue weighted by Crippen LogP contribution is -2.26. The van der Waals surface area contributed by atoms with Gasteiger partial charge in [0.15, 0.2) is 5.13 Å². The van der Waals surface area contributed by atoms with Crippen molar-refractivity contribution in [2.24, 2.45) is 0 Å². The van der Waals surface area contributed by atoms with Crippen LogP contribution < -0.4 is 15.8 Å². The predicted octanol–water partition coefficient (Wildman–Crippen LogP) is 2.76. The topological polar surface area (TPSA) is 60.2 Å². The van der Waals surface area contributed by atoms with E-state index in [9.17, 15) is 0 Å². The summed E-state index contributed by atoms with van der Waals surface area (Å²) in [7, 11) is 0. The molecule has 0 aliphatic carbocycles. The van der Waals surface area contributed by atoms with E-state index in [4.69, 9.17) is 10.5 Å². The zero-order valence-electron chi connectivity index (χ0n) is 10.3. The summed E-state index contributed by atoms with van der Waals surface area (Å²) in [5.41, 5.74) is 6.86. The third-order valence-electron chi connectivity index (χ3n) is 3.05. The minimum absolute atomic E-state index is 0. The summed E-state index contributed by atoms with van der Waals surface area (Å²) in [6.07, 6.45) is 2.82. The second-order valence-electron chi connectivity index (χ2n) is 4.27. The highest BCUT2D eigenvalue weighted by molar-refractivity contribution is 7.15. The molecule has 0 saturated heterocycles. The molecule has 1 atom stereocenters. The number of thiazole rings is 1. The monoisotopic (exact) mass is 297 g/mol. The van der Waals surface area contributed by atoms with Crippen LogP contribution in [0.1, 0.15) is 22.9 Å². The fourth-order valence-electron chi connectivity index (χ4n) is 2.18. The molecule has 3 N–H and O–H groups in total. The number of anilines is 1. The molecule has 2 heterocycles. The second-order valence-corrected chi connectivity index (χ2v) is 5.42. The molecule has 1 aliphatic rings. The van der Waals surface area contributed by atoms with Gasteiger partial charge < -0.3 is 15.8 Å². The van der Waals surface area contributed by atoms with E-state index in [0.717, 1.165) is 30.2 Å².